The number of aromatic nitrogens is 2. The average molecular weight is 459 g/mol. The van der Waals surface area contributed by atoms with E-state index in [0.29, 0.717) is 5.69 Å². The Balaban J connectivity index is 0.00000141. The second-order valence-electron chi connectivity index (χ2n) is 7.94. The van der Waals surface area contributed by atoms with Gasteiger partial charge in [0.2, 0.25) is 0 Å². The predicted molar refractivity (Wildman–Crippen MR) is 124 cm³/mol. The quantitative estimate of drug-likeness (QED) is 0.552. The van der Waals surface area contributed by atoms with Gasteiger partial charge in [0.1, 0.15) is 0 Å². The van der Waals surface area contributed by atoms with E-state index in [2.05, 4.69) is 26.6 Å². The van der Waals surface area contributed by atoms with Crippen LogP contribution in [0.2, 0.25) is 0 Å². The number of anilines is 1. The van der Waals surface area contributed by atoms with E-state index < -0.39 is 17.0 Å². The first kappa shape index (κ1) is 24.1. The Bertz CT molecular complexity index is 1070. The van der Waals surface area contributed by atoms with Gasteiger partial charge in [-0.15, -0.1) is 4.36 Å². The molecule has 1 aromatic carbocycles. The Morgan fingerprint density at radius 3 is 2.28 bits per heavy atom. The van der Waals surface area contributed by atoms with Crippen molar-refractivity contribution in [2.24, 2.45) is 10.1 Å². The molecule has 0 spiro atoms. The van der Waals surface area contributed by atoms with Crippen LogP contribution in [0.1, 0.15) is 66.2 Å². The lowest BCUT2D eigenvalue weighted by atomic mass is 9.93. The van der Waals surface area contributed by atoms with Crippen molar-refractivity contribution < 1.29 is 14.5 Å². The molecule has 172 valence electrons. The highest BCUT2D eigenvalue weighted by atomic mass is 32.2. The van der Waals surface area contributed by atoms with Gasteiger partial charge >= 0.3 is 6.03 Å². The number of nitrogens with one attached hydrogen (secondary N) is 1. The van der Waals surface area contributed by atoms with Crippen molar-refractivity contribution in [2.45, 2.75) is 70.0 Å². The highest BCUT2D eigenvalue weighted by Crippen LogP contribution is 2.41. The molecule has 1 aromatic heterocycles. The molecule has 0 saturated carbocycles. The number of urea groups is 1. The molecule has 0 bridgehead atoms. The Morgan fingerprint density at radius 2 is 1.81 bits per heavy atom. The van der Waals surface area contributed by atoms with Crippen molar-refractivity contribution in [3.05, 3.63) is 39.6 Å². The predicted octanol–water partition coefficient (Wildman–Crippen LogP) is 3.25. The minimum atomic E-state index is -1.73. The van der Waals surface area contributed by atoms with Crippen molar-refractivity contribution in [2.75, 3.05) is 12.4 Å². The Morgan fingerprint density at radius 1 is 1.25 bits per heavy atom. The SMILES string of the molecule is CC(C)n1nc(S(O)=NC(=O)Nc2c3c(c(C#N)c4c2CCC4)CCC3)cc1CO.CN. The molecule has 10 heteroatoms. The first-order chi connectivity index (χ1) is 15.4. The fourth-order valence-electron chi connectivity index (χ4n) is 4.56. The van der Waals surface area contributed by atoms with Crippen molar-refractivity contribution in [1.82, 2.24) is 9.78 Å². The third-order valence-corrected chi connectivity index (χ3v) is 6.70. The van der Waals surface area contributed by atoms with Gasteiger partial charge in [-0.05, 0) is 87.7 Å². The van der Waals surface area contributed by atoms with Gasteiger partial charge in [0.15, 0.2) is 5.03 Å². The van der Waals surface area contributed by atoms with Crippen LogP contribution in [0, 0.1) is 11.3 Å². The summed E-state index contributed by atoms with van der Waals surface area (Å²) in [6.45, 7) is 3.63. The molecule has 32 heavy (non-hydrogen) atoms. The second-order valence-corrected chi connectivity index (χ2v) is 9.07. The summed E-state index contributed by atoms with van der Waals surface area (Å²) in [5.74, 6) is 0. The number of amides is 2. The number of carbonyl (C=O) groups excluding carboxylic acids is 1. The monoisotopic (exact) mass is 458 g/mol. The molecule has 0 aliphatic heterocycles. The maximum Gasteiger partial charge on any atom is 0.353 e. The van der Waals surface area contributed by atoms with Crippen LogP contribution in [0.3, 0.4) is 0 Å². The van der Waals surface area contributed by atoms with E-state index in [9.17, 15) is 19.7 Å². The van der Waals surface area contributed by atoms with E-state index in [1.165, 1.54) is 7.05 Å². The Labute approximate surface area is 190 Å². The molecule has 2 aliphatic carbocycles. The maximum atomic E-state index is 12.7. The zero-order valence-corrected chi connectivity index (χ0v) is 19.5. The molecule has 1 heterocycles. The number of carbonyl (C=O) groups is 1. The van der Waals surface area contributed by atoms with Gasteiger partial charge < -0.3 is 20.7 Å². The van der Waals surface area contributed by atoms with Crippen LogP contribution in [-0.2, 0) is 43.3 Å². The number of hydrogen-bond donors (Lipinski definition) is 4. The molecule has 0 fully saturated rings. The molecular formula is C22H30N6O3S. The molecule has 0 radical (unpaired) electrons. The van der Waals surface area contributed by atoms with Crippen molar-refractivity contribution in [3.8, 4) is 6.07 Å². The molecule has 4 rings (SSSR count). The molecule has 2 aromatic rings. The van der Waals surface area contributed by atoms with E-state index >= 15 is 0 Å². The van der Waals surface area contributed by atoms with Gasteiger partial charge in [0, 0.05) is 11.7 Å². The molecular weight excluding hydrogens is 428 g/mol. The minimum absolute atomic E-state index is 0.00977. The average Bonchev–Trinajstić information content (AvgIpc) is 3.53. The lowest BCUT2D eigenvalue weighted by Crippen LogP contribution is -2.13. The van der Waals surface area contributed by atoms with Gasteiger partial charge in [-0.3, -0.25) is 4.68 Å². The number of rotatable bonds is 4. The summed E-state index contributed by atoms with van der Waals surface area (Å²) in [4.78, 5) is 12.7. The minimum Gasteiger partial charge on any atom is -0.390 e. The number of aliphatic hydroxyl groups is 1. The molecule has 2 amide bonds. The maximum absolute atomic E-state index is 12.7. The van der Waals surface area contributed by atoms with Crippen LogP contribution < -0.4 is 11.1 Å². The van der Waals surface area contributed by atoms with E-state index in [0.717, 1.165) is 72.0 Å². The first-order valence-electron chi connectivity index (χ1n) is 10.8. The van der Waals surface area contributed by atoms with Gasteiger partial charge in [-0.2, -0.15) is 10.4 Å². The van der Waals surface area contributed by atoms with Crippen molar-refractivity contribution >= 4 is 22.7 Å². The number of nitrogens with zero attached hydrogens (tertiary/aromatic N) is 4. The fraction of sp³-hybridized carbons (Fsp3) is 0.500. The summed E-state index contributed by atoms with van der Waals surface area (Å²) in [6.07, 6.45) is 5.30. The summed E-state index contributed by atoms with van der Waals surface area (Å²) >= 11 is 0. The smallest absolute Gasteiger partial charge is 0.353 e. The molecule has 9 nitrogen and oxygen atoms in total. The lowest BCUT2D eigenvalue weighted by molar-refractivity contribution is 0.259. The Kier molecular flexibility index (Phi) is 7.79. The summed E-state index contributed by atoms with van der Waals surface area (Å²) in [5, 5.41) is 26.6. The highest BCUT2D eigenvalue weighted by Gasteiger charge is 2.29. The van der Waals surface area contributed by atoms with E-state index in [-0.39, 0.29) is 17.7 Å². The van der Waals surface area contributed by atoms with Crippen LogP contribution in [0.5, 0.6) is 0 Å². The number of nitriles is 1. The summed E-state index contributed by atoms with van der Waals surface area (Å²) in [7, 11) is -0.230. The van der Waals surface area contributed by atoms with Crippen LogP contribution in [0.25, 0.3) is 0 Å². The first-order valence-corrected chi connectivity index (χ1v) is 11.9. The number of benzene rings is 1. The summed E-state index contributed by atoms with van der Waals surface area (Å²) in [5.41, 5.74) is 10.8. The van der Waals surface area contributed by atoms with Crippen LogP contribution in [-0.4, -0.2) is 32.5 Å². The number of hydrogen-bond acceptors (Lipinski definition) is 5. The zero-order chi connectivity index (χ0) is 23.4. The largest absolute Gasteiger partial charge is 0.390 e. The molecule has 1 atom stereocenters. The third-order valence-electron chi connectivity index (χ3n) is 5.78. The molecule has 1 unspecified atom stereocenters. The number of nitrogens with two attached hydrogens (primary N) is 1. The standard InChI is InChI=1S/C21H25N5O3S.CH5N/c1-12(2)26-13(11-27)9-19(24-26)30(29)25-21(28)23-20-16-7-3-5-14(16)18(10-22)15-6-4-8-17(15)20;1-2/h9,12,27H,3-8,11H2,1-2H3,(H2,23,25,28,29);2H2,1H3. The number of fused-ring (bicyclic) bond motifs is 2. The lowest BCUT2D eigenvalue weighted by Gasteiger charge is -2.16. The second kappa shape index (κ2) is 10.4. The number of aliphatic hydroxyl groups excluding tert-OH is 1. The summed E-state index contributed by atoms with van der Waals surface area (Å²) < 4.78 is 16.0. The van der Waals surface area contributed by atoms with Crippen molar-refractivity contribution in [1.29, 1.82) is 5.26 Å². The highest BCUT2D eigenvalue weighted by molar-refractivity contribution is 7.81. The van der Waals surface area contributed by atoms with Crippen LogP contribution in [0.4, 0.5) is 10.5 Å². The van der Waals surface area contributed by atoms with Gasteiger partial charge in [-0.25, -0.2) is 4.79 Å². The normalized spacial score (nSPS) is 15.1. The van der Waals surface area contributed by atoms with Crippen LogP contribution >= 0.6 is 0 Å². The van der Waals surface area contributed by atoms with E-state index in [1.807, 2.05) is 13.8 Å². The van der Waals surface area contributed by atoms with E-state index in [1.54, 1.807) is 10.7 Å². The summed E-state index contributed by atoms with van der Waals surface area (Å²) in [6, 6.07) is 3.33. The van der Waals surface area contributed by atoms with Gasteiger partial charge in [-0.1, -0.05) is 0 Å². The zero-order valence-electron chi connectivity index (χ0n) is 18.7. The Hall–Kier alpha value is -2.58. The van der Waals surface area contributed by atoms with Gasteiger partial charge in [0.05, 0.1) is 34.9 Å². The van der Waals surface area contributed by atoms with Crippen LogP contribution in [0.15, 0.2) is 15.5 Å². The van der Waals surface area contributed by atoms with E-state index in [4.69, 9.17) is 0 Å². The molecule has 2 aliphatic rings. The van der Waals surface area contributed by atoms with Gasteiger partial charge in [0.25, 0.3) is 0 Å². The molecule has 0 saturated heterocycles. The third kappa shape index (κ3) is 4.47. The molecule has 5 N–H and O–H groups in total. The van der Waals surface area contributed by atoms with Crippen molar-refractivity contribution in [3.63, 3.8) is 0 Å². The fourth-order valence-corrected chi connectivity index (χ4v) is 5.26. The topological polar surface area (TPSA) is 150 Å².